The number of hydrogen-bond donors (Lipinski definition) is 1. The van der Waals surface area contributed by atoms with Crippen LogP contribution in [0.25, 0.3) is 0 Å². The minimum Gasteiger partial charge on any atom is -0.481 e. The molecular weight excluding hydrogens is 192 g/mol. The molecule has 0 aliphatic heterocycles. The topological polar surface area (TPSA) is 46.5 Å². The van der Waals surface area contributed by atoms with Crippen LogP contribution in [0.15, 0.2) is 0 Å². The van der Waals surface area contributed by atoms with Gasteiger partial charge in [-0.3, -0.25) is 4.79 Å². The first-order valence-corrected chi connectivity index (χ1v) is 6.08. The maximum Gasteiger partial charge on any atom is 0.309 e. The number of carbonyl (C=O) groups is 1. The Balaban J connectivity index is 1.73. The van der Waals surface area contributed by atoms with Crippen LogP contribution in [0.5, 0.6) is 0 Å². The van der Waals surface area contributed by atoms with Crippen molar-refractivity contribution in [2.45, 2.75) is 38.5 Å². The molecule has 0 aromatic rings. The Morgan fingerprint density at radius 1 is 1.27 bits per heavy atom. The Kier molecular flexibility index (Phi) is 3.62. The van der Waals surface area contributed by atoms with Crippen LogP contribution < -0.4 is 0 Å². The van der Waals surface area contributed by atoms with Gasteiger partial charge in [0.15, 0.2) is 0 Å². The number of carboxylic acids is 1. The van der Waals surface area contributed by atoms with Crippen LogP contribution in [0.1, 0.15) is 38.5 Å². The average Bonchev–Trinajstić information content (AvgIpc) is 2.86. The number of aliphatic carboxylic acids is 1. The van der Waals surface area contributed by atoms with E-state index in [-0.39, 0.29) is 5.92 Å². The summed E-state index contributed by atoms with van der Waals surface area (Å²) in [5.74, 6) is 0.161. The summed E-state index contributed by atoms with van der Waals surface area (Å²) in [5, 5.41) is 9.13. The highest BCUT2D eigenvalue weighted by Crippen LogP contribution is 2.33. The zero-order valence-electron chi connectivity index (χ0n) is 9.15. The lowest BCUT2D eigenvalue weighted by Crippen LogP contribution is -2.27. The molecule has 15 heavy (non-hydrogen) atoms. The molecule has 0 saturated heterocycles. The molecule has 2 saturated carbocycles. The fourth-order valence-corrected chi connectivity index (χ4v) is 2.41. The van der Waals surface area contributed by atoms with E-state index < -0.39 is 5.97 Å². The molecule has 86 valence electrons. The normalized spacial score (nSPS) is 24.3. The standard InChI is InChI=1S/C12H20O3/c13-12(14)11(10-3-1-2-4-10)8-15-7-9-5-6-9/h9-11H,1-8H2,(H,13,14). The van der Waals surface area contributed by atoms with Crippen molar-refractivity contribution in [3.8, 4) is 0 Å². The van der Waals surface area contributed by atoms with Crippen molar-refractivity contribution in [3.05, 3.63) is 0 Å². The van der Waals surface area contributed by atoms with Crippen LogP contribution in [0, 0.1) is 17.8 Å². The molecule has 0 amide bonds. The summed E-state index contributed by atoms with van der Waals surface area (Å²) in [6, 6.07) is 0. The van der Waals surface area contributed by atoms with E-state index in [0.29, 0.717) is 12.5 Å². The van der Waals surface area contributed by atoms with E-state index in [9.17, 15) is 4.79 Å². The number of ether oxygens (including phenoxy) is 1. The van der Waals surface area contributed by atoms with Crippen molar-refractivity contribution >= 4 is 5.97 Å². The Morgan fingerprint density at radius 3 is 2.47 bits per heavy atom. The Morgan fingerprint density at radius 2 is 1.93 bits per heavy atom. The molecule has 0 heterocycles. The van der Waals surface area contributed by atoms with Gasteiger partial charge in [0.2, 0.25) is 0 Å². The molecular formula is C12H20O3. The van der Waals surface area contributed by atoms with E-state index in [2.05, 4.69) is 0 Å². The quantitative estimate of drug-likeness (QED) is 0.735. The van der Waals surface area contributed by atoms with Crippen LogP contribution in [0.2, 0.25) is 0 Å². The SMILES string of the molecule is O=C(O)C(COCC1CC1)C1CCCC1. The molecule has 1 N–H and O–H groups in total. The highest BCUT2D eigenvalue weighted by atomic mass is 16.5. The summed E-state index contributed by atoms with van der Waals surface area (Å²) >= 11 is 0. The van der Waals surface area contributed by atoms with Gasteiger partial charge < -0.3 is 9.84 Å². The molecule has 2 rings (SSSR count). The molecule has 0 aromatic carbocycles. The zero-order valence-corrected chi connectivity index (χ0v) is 9.15. The van der Waals surface area contributed by atoms with E-state index in [0.717, 1.165) is 25.4 Å². The van der Waals surface area contributed by atoms with Crippen molar-refractivity contribution in [2.75, 3.05) is 13.2 Å². The summed E-state index contributed by atoms with van der Waals surface area (Å²) in [4.78, 5) is 11.1. The first-order chi connectivity index (χ1) is 7.27. The van der Waals surface area contributed by atoms with Gasteiger partial charge in [-0.25, -0.2) is 0 Å². The largest absolute Gasteiger partial charge is 0.481 e. The van der Waals surface area contributed by atoms with Crippen molar-refractivity contribution < 1.29 is 14.6 Å². The molecule has 1 atom stereocenters. The van der Waals surface area contributed by atoms with Gasteiger partial charge in [0.25, 0.3) is 0 Å². The molecule has 2 aliphatic rings. The van der Waals surface area contributed by atoms with E-state index >= 15 is 0 Å². The van der Waals surface area contributed by atoms with Crippen molar-refractivity contribution in [3.63, 3.8) is 0 Å². The molecule has 1 unspecified atom stereocenters. The highest BCUT2D eigenvalue weighted by Gasteiger charge is 2.31. The van der Waals surface area contributed by atoms with Crippen molar-refractivity contribution in [1.82, 2.24) is 0 Å². The monoisotopic (exact) mass is 212 g/mol. The van der Waals surface area contributed by atoms with E-state index in [1.54, 1.807) is 0 Å². The third-order valence-corrected chi connectivity index (χ3v) is 3.63. The third-order valence-electron chi connectivity index (χ3n) is 3.63. The molecule has 3 heteroatoms. The number of carboxylic acid groups (broad SMARTS) is 1. The number of hydrogen-bond acceptors (Lipinski definition) is 2. The second-order valence-corrected chi connectivity index (χ2v) is 4.97. The van der Waals surface area contributed by atoms with E-state index in [1.165, 1.54) is 25.7 Å². The van der Waals surface area contributed by atoms with Crippen LogP contribution in [-0.2, 0) is 9.53 Å². The summed E-state index contributed by atoms with van der Waals surface area (Å²) in [6.45, 7) is 1.20. The summed E-state index contributed by atoms with van der Waals surface area (Å²) in [5.41, 5.74) is 0. The summed E-state index contributed by atoms with van der Waals surface area (Å²) in [7, 11) is 0. The van der Waals surface area contributed by atoms with Crippen LogP contribution in [-0.4, -0.2) is 24.3 Å². The molecule has 0 bridgehead atoms. The summed E-state index contributed by atoms with van der Waals surface area (Å²) < 4.78 is 5.51. The maximum atomic E-state index is 11.1. The van der Waals surface area contributed by atoms with Gasteiger partial charge in [-0.1, -0.05) is 12.8 Å². The molecule has 0 aromatic heterocycles. The van der Waals surface area contributed by atoms with Gasteiger partial charge in [0.1, 0.15) is 0 Å². The van der Waals surface area contributed by atoms with Crippen molar-refractivity contribution in [1.29, 1.82) is 0 Å². The lowest BCUT2D eigenvalue weighted by atomic mass is 9.92. The first kappa shape index (κ1) is 10.9. The molecule has 0 radical (unpaired) electrons. The smallest absolute Gasteiger partial charge is 0.309 e. The Bertz CT molecular complexity index is 217. The predicted molar refractivity (Wildman–Crippen MR) is 56.6 cm³/mol. The lowest BCUT2D eigenvalue weighted by Gasteiger charge is -2.18. The molecule has 2 fully saturated rings. The van der Waals surface area contributed by atoms with Gasteiger partial charge in [0.05, 0.1) is 12.5 Å². The van der Waals surface area contributed by atoms with Crippen molar-refractivity contribution in [2.24, 2.45) is 17.8 Å². The number of rotatable bonds is 6. The minimum atomic E-state index is -0.669. The Labute approximate surface area is 90.8 Å². The maximum absolute atomic E-state index is 11.1. The highest BCUT2D eigenvalue weighted by molar-refractivity contribution is 5.70. The van der Waals surface area contributed by atoms with E-state index in [1.807, 2.05) is 0 Å². The molecule has 3 nitrogen and oxygen atoms in total. The van der Waals surface area contributed by atoms with Crippen LogP contribution in [0.3, 0.4) is 0 Å². The fraction of sp³-hybridized carbons (Fsp3) is 0.917. The zero-order chi connectivity index (χ0) is 10.7. The van der Waals surface area contributed by atoms with Gasteiger partial charge in [0, 0.05) is 6.61 Å². The van der Waals surface area contributed by atoms with Gasteiger partial charge >= 0.3 is 5.97 Å². The van der Waals surface area contributed by atoms with Gasteiger partial charge in [-0.15, -0.1) is 0 Å². The second kappa shape index (κ2) is 4.97. The van der Waals surface area contributed by atoms with Gasteiger partial charge in [-0.05, 0) is 37.5 Å². The Hall–Kier alpha value is -0.570. The molecule has 0 spiro atoms. The average molecular weight is 212 g/mol. The molecule has 2 aliphatic carbocycles. The second-order valence-electron chi connectivity index (χ2n) is 4.97. The first-order valence-electron chi connectivity index (χ1n) is 6.08. The van der Waals surface area contributed by atoms with Crippen LogP contribution in [0.4, 0.5) is 0 Å². The predicted octanol–water partition coefficient (Wildman–Crippen LogP) is 2.30. The third kappa shape index (κ3) is 3.20. The lowest BCUT2D eigenvalue weighted by molar-refractivity contribution is -0.146. The summed E-state index contributed by atoms with van der Waals surface area (Å²) in [6.07, 6.45) is 7.06. The van der Waals surface area contributed by atoms with Gasteiger partial charge in [-0.2, -0.15) is 0 Å². The van der Waals surface area contributed by atoms with E-state index in [4.69, 9.17) is 9.84 Å². The minimum absolute atomic E-state index is 0.258. The van der Waals surface area contributed by atoms with Crippen LogP contribution >= 0.6 is 0 Å². The fourth-order valence-electron chi connectivity index (χ4n) is 2.41.